The molecule has 1 fully saturated rings. The molecule has 0 saturated carbocycles. The number of benzene rings is 1. The lowest BCUT2D eigenvalue weighted by Crippen LogP contribution is -2.39. The maximum absolute atomic E-state index is 12.1. The molecule has 0 radical (unpaired) electrons. The molecule has 1 heterocycles. The third-order valence-corrected chi connectivity index (χ3v) is 4.11. The second kappa shape index (κ2) is 8.54. The number of nitrogens with zero attached hydrogens (tertiary/aromatic N) is 1. The smallest absolute Gasteiger partial charge is 0.251 e. The van der Waals surface area contributed by atoms with E-state index in [1.54, 1.807) is 12.1 Å². The highest BCUT2D eigenvalue weighted by atomic mass is 16.3. The minimum atomic E-state index is -0.100. The predicted molar refractivity (Wildman–Crippen MR) is 84.4 cm³/mol. The van der Waals surface area contributed by atoms with Crippen molar-refractivity contribution in [3.8, 4) is 0 Å². The molecule has 0 aromatic heterocycles. The van der Waals surface area contributed by atoms with Gasteiger partial charge >= 0.3 is 0 Å². The molecule has 2 N–H and O–H groups in total. The van der Waals surface area contributed by atoms with Crippen LogP contribution >= 0.6 is 0 Å². The predicted octanol–water partition coefficient (Wildman–Crippen LogP) is 1.43. The number of hydrogen-bond acceptors (Lipinski definition) is 3. The quantitative estimate of drug-likeness (QED) is 0.781. The van der Waals surface area contributed by atoms with E-state index in [1.165, 1.54) is 0 Å². The average molecular weight is 304 g/mol. The van der Waals surface area contributed by atoms with Gasteiger partial charge in [0.15, 0.2) is 0 Å². The van der Waals surface area contributed by atoms with Crippen molar-refractivity contribution in [1.82, 2.24) is 10.2 Å². The van der Waals surface area contributed by atoms with Crippen LogP contribution in [-0.2, 0) is 4.79 Å². The molecule has 5 nitrogen and oxygen atoms in total. The molecule has 1 aromatic carbocycles. The molecule has 0 bridgehead atoms. The van der Waals surface area contributed by atoms with Crippen LogP contribution in [0, 0.1) is 5.92 Å². The topological polar surface area (TPSA) is 69.6 Å². The first-order valence-corrected chi connectivity index (χ1v) is 7.92. The number of carbonyl (C=O) groups is 2. The van der Waals surface area contributed by atoms with E-state index in [1.807, 2.05) is 23.1 Å². The van der Waals surface area contributed by atoms with Gasteiger partial charge in [0.25, 0.3) is 5.91 Å². The number of amides is 2. The highest BCUT2D eigenvalue weighted by Crippen LogP contribution is 2.17. The van der Waals surface area contributed by atoms with E-state index in [0.717, 1.165) is 25.9 Å². The van der Waals surface area contributed by atoms with Crippen molar-refractivity contribution in [2.75, 3.05) is 26.2 Å². The molecule has 120 valence electrons. The van der Waals surface area contributed by atoms with Gasteiger partial charge in [0.2, 0.25) is 5.91 Å². The number of piperidine rings is 1. The van der Waals surface area contributed by atoms with Crippen LogP contribution in [-0.4, -0.2) is 48.1 Å². The zero-order valence-electron chi connectivity index (χ0n) is 12.8. The molecule has 0 aliphatic carbocycles. The average Bonchev–Trinajstić information content (AvgIpc) is 2.59. The SMILES string of the molecule is O=C(NCCCC(=O)N1CCC(CO)CC1)c1ccccc1. The standard InChI is InChI=1S/C17H24N2O3/c20-13-14-8-11-19(12-9-14)16(21)7-4-10-18-17(22)15-5-2-1-3-6-15/h1-3,5-6,14,20H,4,7-13H2,(H,18,22). The van der Waals surface area contributed by atoms with Gasteiger partial charge in [-0.3, -0.25) is 9.59 Å². The first kappa shape index (κ1) is 16.5. The molecule has 2 amide bonds. The number of aliphatic hydroxyl groups excluding tert-OH is 1. The largest absolute Gasteiger partial charge is 0.396 e. The minimum Gasteiger partial charge on any atom is -0.396 e. The third kappa shape index (κ3) is 4.84. The van der Waals surface area contributed by atoms with Gasteiger partial charge in [0, 0.05) is 38.2 Å². The summed E-state index contributed by atoms with van der Waals surface area (Å²) in [6.07, 6.45) is 2.87. The van der Waals surface area contributed by atoms with Crippen molar-refractivity contribution in [2.45, 2.75) is 25.7 Å². The Kier molecular flexibility index (Phi) is 6.40. The molecule has 1 aliphatic heterocycles. The van der Waals surface area contributed by atoms with Crippen LogP contribution in [0.1, 0.15) is 36.0 Å². The normalized spacial score (nSPS) is 15.6. The summed E-state index contributed by atoms with van der Waals surface area (Å²) in [6.45, 7) is 2.20. The lowest BCUT2D eigenvalue weighted by atomic mass is 9.97. The molecular formula is C17H24N2O3. The molecule has 0 unspecified atom stereocenters. The second-order valence-corrected chi connectivity index (χ2v) is 5.73. The Morgan fingerprint density at radius 3 is 2.50 bits per heavy atom. The number of hydrogen-bond donors (Lipinski definition) is 2. The summed E-state index contributed by atoms with van der Waals surface area (Å²) in [5, 5.41) is 11.9. The van der Waals surface area contributed by atoms with Crippen LogP contribution in [0.2, 0.25) is 0 Å². The highest BCUT2D eigenvalue weighted by Gasteiger charge is 2.21. The molecule has 22 heavy (non-hydrogen) atoms. The van der Waals surface area contributed by atoms with Gasteiger partial charge in [-0.25, -0.2) is 0 Å². The summed E-state index contributed by atoms with van der Waals surface area (Å²) in [4.78, 5) is 25.8. The zero-order chi connectivity index (χ0) is 15.8. The zero-order valence-corrected chi connectivity index (χ0v) is 12.8. The monoisotopic (exact) mass is 304 g/mol. The third-order valence-electron chi connectivity index (χ3n) is 4.11. The summed E-state index contributed by atoms with van der Waals surface area (Å²) in [5.74, 6) is 0.386. The van der Waals surface area contributed by atoms with Crippen LogP contribution < -0.4 is 5.32 Å². The fraction of sp³-hybridized carbons (Fsp3) is 0.529. The van der Waals surface area contributed by atoms with E-state index in [9.17, 15) is 9.59 Å². The molecule has 1 saturated heterocycles. The van der Waals surface area contributed by atoms with Gasteiger partial charge < -0.3 is 15.3 Å². The van der Waals surface area contributed by atoms with E-state index in [2.05, 4.69) is 5.32 Å². The van der Waals surface area contributed by atoms with E-state index in [4.69, 9.17) is 5.11 Å². The Morgan fingerprint density at radius 1 is 1.18 bits per heavy atom. The lowest BCUT2D eigenvalue weighted by molar-refractivity contribution is -0.132. The summed E-state index contributed by atoms with van der Waals surface area (Å²) in [5.41, 5.74) is 0.639. The van der Waals surface area contributed by atoms with E-state index in [-0.39, 0.29) is 18.4 Å². The molecule has 0 atom stereocenters. The van der Waals surface area contributed by atoms with Crippen molar-refractivity contribution < 1.29 is 14.7 Å². The van der Waals surface area contributed by atoms with Gasteiger partial charge in [-0.15, -0.1) is 0 Å². The number of nitrogens with one attached hydrogen (secondary N) is 1. The van der Waals surface area contributed by atoms with Gasteiger partial charge in [0.1, 0.15) is 0 Å². The Hall–Kier alpha value is -1.88. The van der Waals surface area contributed by atoms with Crippen molar-refractivity contribution in [2.24, 2.45) is 5.92 Å². The first-order valence-electron chi connectivity index (χ1n) is 7.92. The number of aliphatic hydroxyl groups is 1. The lowest BCUT2D eigenvalue weighted by Gasteiger charge is -2.31. The fourth-order valence-corrected chi connectivity index (χ4v) is 2.66. The van der Waals surface area contributed by atoms with Gasteiger partial charge in [-0.1, -0.05) is 18.2 Å². The van der Waals surface area contributed by atoms with Crippen LogP contribution in [0.4, 0.5) is 0 Å². The molecule has 1 aromatic rings. The second-order valence-electron chi connectivity index (χ2n) is 5.73. The maximum atomic E-state index is 12.1. The Bertz CT molecular complexity index is 482. The summed E-state index contributed by atoms with van der Waals surface area (Å²) in [7, 11) is 0. The van der Waals surface area contributed by atoms with E-state index in [0.29, 0.717) is 30.9 Å². The molecule has 2 rings (SSSR count). The molecular weight excluding hydrogens is 280 g/mol. The summed E-state index contributed by atoms with van der Waals surface area (Å²) < 4.78 is 0. The Balaban J connectivity index is 1.62. The Labute approximate surface area is 131 Å². The number of carbonyl (C=O) groups excluding carboxylic acids is 2. The van der Waals surface area contributed by atoms with Crippen molar-refractivity contribution >= 4 is 11.8 Å². The van der Waals surface area contributed by atoms with Crippen LogP contribution in [0.25, 0.3) is 0 Å². The van der Waals surface area contributed by atoms with E-state index >= 15 is 0 Å². The number of rotatable bonds is 6. The van der Waals surface area contributed by atoms with Gasteiger partial charge in [-0.05, 0) is 37.3 Å². The maximum Gasteiger partial charge on any atom is 0.251 e. The first-order chi connectivity index (χ1) is 10.7. The van der Waals surface area contributed by atoms with Crippen LogP contribution in [0.3, 0.4) is 0 Å². The van der Waals surface area contributed by atoms with Crippen molar-refractivity contribution in [1.29, 1.82) is 0 Å². The van der Waals surface area contributed by atoms with Crippen molar-refractivity contribution in [3.63, 3.8) is 0 Å². The molecule has 0 spiro atoms. The highest BCUT2D eigenvalue weighted by molar-refractivity contribution is 5.94. The van der Waals surface area contributed by atoms with E-state index < -0.39 is 0 Å². The summed E-state index contributed by atoms with van der Waals surface area (Å²) >= 11 is 0. The Morgan fingerprint density at radius 2 is 1.86 bits per heavy atom. The molecule has 1 aliphatic rings. The van der Waals surface area contributed by atoms with Gasteiger partial charge in [-0.2, -0.15) is 0 Å². The minimum absolute atomic E-state index is 0.100. The summed E-state index contributed by atoms with van der Waals surface area (Å²) in [6, 6.07) is 9.07. The van der Waals surface area contributed by atoms with Crippen molar-refractivity contribution in [3.05, 3.63) is 35.9 Å². The van der Waals surface area contributed by atoms with Gasteiger partial charge in [0.05, 0.1) is 0 Å². The van der Waals surface area contributed by atoms with Crippen LogP contribution in [0.15, 0.2) is 30.3 Å². The van der Waals surface area contributed by atoms with Crippen LogP contribution in [0.5, 0.6) is 0 Å². The number of likely N-dealkylation sites (tertiary alicyclic amines) is 1. The molecule has 5 heteroatoms. The fourth-order valence-electron chi connectivity index (χ4n) is 2.66.